The van der Waals surface area contributed by atoms with E-state index in [2.05, 4.69) is 0 Å². The van der Waals surface area contributed by atoms with E-state index in [-0.39, 0.29) is 25.1 Å². The lowest BCUT2D eigenvalue weighted by Crippen LogP contribution is -2.44. The quantitative estimate of drug-likeness (QED) is 0.456. The van der Waals surface area contributed by atoms with Crippen molar-refractivity contribution >= 4 is 15.9 Å². The highest BCUT2D eigenvalue weighted by molar-refractivity contribution is 7.89. The number of nitrogens with zero attached hydrogens (tertiary/aromatic N) is 3. The molecule has 0 N–H and O–H groups in total. The Bertz CT molecular complexity index is 1060. The van der Waals surface area contributed by atoms with Gasteiger partial charge in [0.2, 0.25) is 15.9 Å². The fraction of sp³-hybridized carbons (Fsp3) is 0.500. The van der Waals surface area contributed by atoms with E-state index in [0.29, 0.717) is 19.0 Å². The number of hydrogen-bond acceptors (Lipinski definition) is 4. The number of aryl methyl sites for hydroxylation is 1. The molecule has 11 heteroatoms. The van der Waals surface area contributed by atoms with Crippen LogP contribution in [0.1, 0.15) is 30.5 Å². The van der Waals surface area contributed by atoms with Gasteiger partial charge in [-0.05, 0) is 49.6 Å². The second-order valence-electron chi connectivity index (χ2n) is 8.07. The van der Waals surface area contributed by atoms with Gasteiger partial charge in [-0.2, -0.15) is 17.5 Å². The van der Waals surface area contributed by atoms with Crippen molar-refractivity contribution in [2.45, 2.75) is 42.9 Å². The summed E-state index contributed by atoms with van der Waals surface area (Å²) in [5.41, 5.74) is -0.156. The molecule has 1 aromatic carbocycles. The number of benzene rings is 1. The predicted molar refractivity (Wildman–Crippen MR) is 116 cm³/mol. The van der Waals surface area contributed by atoms with Crippen LogP contribution >= 0.6 is 0 Å². The van der Waals surface area contributed by atoms with E-state index in [4.69, 9.17) is 4.74 Å². The molecule has 1 heterocycles. The summed E-state index contributed by atoms with van der Waals surface area (Å²) >= 11 is 0. The second kappa shape index (κ2) is 10.3. The Balaban J connectivity index is 1.85. The van der Waals surface area contributed by atoms with Gasteiger partial charge in [0.05, 0.1) is 23.5 Å². The van der Waals surface area contributed by atoms with E-state index in [9.17, 15) is 26.4 Å². The minimum atomic E-state index is -4.68. The molecule has 182 valence electrons. The number of carbonyl (C=O) groups is 1. The van der Waals surface area contributed by atoms with E-state index in [1.807, 2.05) is 29.9 Å². The van der Waals surface area contributed by atoms with Gasteiger partial charge in [0.1, 0.15) is 0 Å². The highest BCUT2D eigenvalue weighted by Gasteiger charge is 2.37. The summed E-state index contributed by atoms with van der Waals surface area (Å²) in [5.74, 6) is -0.383. The fourth-order valence-electron chi connectivity index (χ4n) is 3.54. The molecule has 3 rings (SSSR count). The first kappa shape index (κ1) is 25.3. The molecule has 33 heavy (non-hydrogen) atoms. The Labute approximate surface area is 191 Å². The van der Waals surface area contributed by atoms with E-state index >= 15 is 0 Å². The highest BCUT2D eigenvalue weighted by atomic mass is 32.2. The average molecular weight is 488 g/mol. The lowest BCUT2D eigenvalue weighted by Gasteiger charge is -2.27. The maximum Gasteiger partial charge on any atom is 0.416 e. The first-order valence-corrected chi connectivity index (χ1v) is 12.0. The Morgan fingerprint density at radius 1 is 1.21 bits per heavy atom. The van der Waals surface area contributed by atoms with Gasteiger partial charge in [-0.15, -0.1) is 0 Å². The summed E-state index contributed by atoms with van der Waals surface area (Å²) in [7, 11) is -1.02. The van der Waals surface area contributed by atoms with Crippen LogP contribution in [0, 0.1) is 0 Å². The van der Waals surface area contributed by atoms with Crippen molar-refractivity contribution in [3.05, 3.63) is 53.9 Å². The largest absolute Gasteiger partial charge is 0.416 e. The molecule has 0 bridgehead atoms. The molecule has 0 atom stereocenters. The van der Waals surface area contributed by atoms with Gasteiger partial charge in [-0.1, -0.05) is 6.07 Å². The number of methoxy groups -OCH3 is 1. The van der Waals surface area contributed by atoms with Crippen LogP contribution in [0.3, 0.4) is 0 Å². The molecular formula is C22H28F3N3O4S. The number of rotatable bonds is 11. The summed E-state index contributed by atoms with van der Waals surface area (Å²) in [6, 6.07) is 7.36. The Morgan fingerprint density at radius 2 is 1.94 bits per heavy atom. The summed E-state index contributed by atoms with van der Waals surface area (Å²) < 4.78 is 73.8. The van der Waals surface area contributed by atoms with Crippen LogP contribution in [-0.4, -0.2) is 60.9 Å². The fourth-order valence-corrected chi connectivity index (χ4v) is 5.01. The van der Waals surface area contributed by atoms with Gasteiger partial charge >= 0.3 is 6.18 Å². The third-order valence-electron chi connectivity index (χ3n) is 5.56. The molecule has 0 aliphatic heterocycles. The van der Waals surface area contributed by atoms with Crippen LogP contribution < -0.4 is 0 Å². The standard InChI is InChI=1S/C22H28F3N3O4S/c1-26-11-4-7-19(26)15-28(18-9-10-18)21(29)16-27(12-5-13-32-2)33(30,31)20-8-3-6-17(14-20)22(23,24)25/h3-4,6-8,11,14,18H,5,9-10,12-13,15-16H2,1-2H3. The van der Waals surface area contributed by atoms with Gasteiger partial charge < -0.3 is 14.2 Å². The smallest absolute Gasteiger partial charge is 0.385 e. The van der Waals surface area contributed by atoms with E-state index in [0.717, 1.165) is 41.0 Å². The van der Waals surface area contributed by atoms with Gasteiger partial charge in [0.25, 0.3) is 0 Å². The Hall–Kier alpha value is -2.37. The van der Waals surface area contributed by atoms with Crippen molar-refractivity contribution in [2.24, 2.45) is 7.05 Å². The van der Waals surface area contributed by atoms with Gasteiger partial charge in [-0.3, -0.25) is 4.79 Å². The summed E-state index contributed by atoms with van der Waals surface area (Å²) in [5, 5.41) is 0. The van der Waals surface area contributed by atoms with E-state index in [1.54, 1.807) is 4.90 Å². The van der Waals surface area contributed by atoms with Crippen LogP contribution in [0.5, 0.6) is 0 Å². The zero-order valence-corrected chi connectivity index (χ0v) is 19.4. The van der Waals surface area contributed by atoms with Crippen molar-refractivity contribution in [3.8, 4) is 0 Å². The zero-order chi connectivity index (χ0) is 24.2. The van der Waals surface area contributed by atoms with Gasteiger partial charge in [0, 0.05) is 45.2 Å². The van der Waals surface area contributed by atoms with Crippen LogP contribution in [-0.2, 0) is 39.3 Å². The van der Waals surface area contributed by atoms with Crippen LogP contribution in [0.25, 0.3) is 0 Å². The second-order valence-corrected chi connectivity index (χ2v) is 10.0. The molecule has 0 saturated heterocycles. The van der Waals surface area contributed by atoms with Gasteiger partial charge in [0.15, 0.2) is 0 Å². The minimum Gasteiger partial charge on any atom is -0.385 e. The van der Waals surface area contributed by atoms with E-state index < -0.39 is 33.2 Å². The Kier molecular flexibility index (Phi) is 7.86. The van der Waals surface area contributed by atoms with Gasteiger partial charge in [-0.25, -0.2) is 8.42 Å². The van der Waals surface area contributed by atoms with Crippen LogP contribution in [0.2, 0.25) is 0 Å². The maximum absolute atomic E-state index is 13.3. The summed E-state index contributed by atoms with van der Waals surface area (Å²) in [6.45, 7) is 0.0744. The molecular weight excluding hydrogens is 459 g/mol. The Morgan fingerprint density at radius 3 is 2.52 bits per heavy atom. The van der Waals surface area contributed by atoms with Crippen molar-refractivity contribution in [3.63, 3.8) is 0 Å². The van der Waals surface area contributed by atoms with E-state index in [1.165, 1.54) is 7.11 Å². The number of alkyl halides is 3. The lowest BCUT2D eigenvalue weighted by molar-refractivity contribution is -0.137. The summed E-state index contributed by atoms with van der Waals surface area (Å²) in [4.78, 5) is 14.4. The summed E-state index contributed by atoms with van der Waals surface area (Å²) in [6.07, 6.45) is -0.857. The van der Waals surface area contributed by atoms with Crippen molar-refractivity contribution in [1.82, 2.24) is 13.8 Å². The minimum absolute atomic E-state index is 0.0319. The topological polar surface area (TPSA) is 71.8 Å². The molecule has 0 spiro atoms. The van der Waals surface area contributed by atoms with Crippen LogP contribution in [0.4, 0.5) is 13.2 Å². The third kappa shape index (κ3) is 6.36. The monoisotopic (exact) mass is 487 g/mol. The zero-order valence-electron chi connectivity index (χ0n) is 18.6. The highest BCUT2D eigenvalue weighted by Crippen LogP contribution is 2.32. The predicted octanol–water partition coefficient (Wildman–Crippen LogP) is 3.26. The molecule has 1 amide bonds. The molecule has 2 aromatic rings. The third-order valence-corrected chi connectivity index (χ3v) is 7.40. The number of carbonyl (C=O) groups excluding carboxylic acids is 1. The molecule has 0 radical (unpaired) electrons. The SMILES string of the molecule is COCCCN(CC(=O)N(Cc1cccn1C)C1CC1)S(=O)(=O)c1cccc(C(F)(F)F)c1. The molecule has 7 nitrogen and oxygen atoms in total. The molecule has 1 aliphatic rings. The molecule has 1 saturated carbocycles. The number of sulfonamides is 1. The van der Waals surface area contributed by atoms with Crippen molar-refractivity contribution < 1.29 is 31.1 Å². The number of ether oxygens (including phenoxy) is 1. The number of amides is 1. The normalized spacial score (nSPS) is 14.6. The molecule has 0 unspecified atom stereocenters. The van der Waals surface area contributed by atoms with Crippen molar-refractivity contribution in [1.29, 1.82) is 0 Å². The maximum atomic E-state index is 13.3. The lowest BCUT2D eigenvalue weighted by atomic mass is 10.2. The number of aromatic nitrogens is 1. The number of hydrogen-bond donors (Lipinski definition) is 0. The molecule has 1 aromatic heterocycles. The number of halogens is 3. The average Bonchev–Trinajstić information content (AvgIpc) is 3.52. The molecule has 1 aliphatic carbocycles. The van der Waals surface area contributed by atoms with Crippen LogP contribution in [0.15, 0.2) is 47.5 Å². The first-order valence-electron chi connectivity index (χ1n) is 10.6. The molecule has 1 fully saturated rings. The first-order chi connectivity index (χ1) is 15.5. The van der Waals surface area contributed by atoms with Crippen molar-refractivity contribution in [2.75, 3.05) is 26.8 Å².